The van der Waals surface area contributed by atoms with Crippen molar-refractivity contribution in [3.8, 4) is 0 Å². The van der Waals surface area contributed by atoms with Gasteiger partial charge in [-0.3, -0.25) is 0 Å². The Labute approximate surface area is 124 Å². The second kappa shape index (κ2) is 5.71. The van der Waals surface area contributed by atoms with Gasteiger partial charge in [0.1, 0.15) is 11.6 Å². The van der Waals surface area contributed by atoms with Gasteiger partial charge in [-0.2, -0.15) is 0 Å². The lowest BCUT2D eigenvalue weighted by atomic mass is 9.87. The third kappa shape index (κ3) is 3.87. The van der Waals surface area contributed by atoms with Gasteiger partial charge in [-0.05, 0) is 16.5 Å². The number of anilines is 2. The number of hydrogen-bond donors (Lipinski definition) is 2. The van der Waals surface area contributed by atoms with Crippen molar-refractivity contribution in [2.24, 2.45) is 0 Å². The van der Waals surface area contributed by atoms with Gasteiger partial charge in [0.25, 0.3) is 0 Å². The molecular weight excluding hydrogens is 268 g/mol. The van der Waals surface area contributed by atoms with Crippen LogP contribution in [0.5, 0.6) is 0 Å². The molecule has 0 aliphatic heterocycles. The fourth-order valence-corrected chi connectivity index (χ4v) is 2.60. The number of nitrogens with zero attached hydrogens (tertiary/aromatic N) is 2. The normalized spacial score (nSPS) is 11.6. The molecule has 0 saturated heterocycles. The van der Waals surface area contributed by atoms with Crippen molar-refractivity contribution >= 4 is 23.4 Å². The van der Waals surface area contributed by atoms with E-state index in [4.69, 9.17) is 11.5 Å². The molecule has 5 heteroatoms. The molecule has 2 rings (SSSR count). The number of thioether (sulfide) groups is 1. The standard InChI is InChI=1S/C15H20N4S/c1-15(2,3)11-6-4-10(5-7-11)9-20-14-18-12(16)8-13(17)19-14/h4-8H,9H2,1-3H3,(H4,16,17,18,19). The van der Waals surface area contributed by atoms with Crippen LogP contribution in [0.2, 0.25) is 0 Å². The maximum absolute atomic E-state index is 5.65. The largest absolute Gasteiger partial charge is 0.383 e. The van der Waals surface area contributed by atoms with Crippen LogP contribution in [0.25, 0.3) is 0 Å². The van der Waals surface area contributed by atoms with Crippen LogP contribution < -0.4 is 11.5 Å². The van der Waals surface area contributed by atoms with Crippen molar-refractivity contribution in [3.05, 3.63) is 41.5 Å². The summed E-state index contributed by atoms with van der Waals surface area (Å²) in [4.78, 5) is 8.31. The number of nitrogens with two attached hydrogens (primary N) is 2. The highest BCUT2D eigenvalue weighted by Gasteiger charge is 2.12. The fraction of sp³-hybridized carbons (Fsp3) is 0.333. The second-order valence-electron chi connectivity index (χ2n) is 5.74. The number of hydrogen-bond acceptors (Lipinski definition) is 5. The van der Waals surface area contributed by atoms with E-state index >= 15 is 0 Å². The summed E-state index contributed by atoms with van der Waals surface area (Å²) in [5.74, 6) is 1.61. The van der Waals surface area contributed by atoms with E-state index in [2.05, 4.69) is 55.0 Å². The van der Waals surface area contributed by atoms with Crippen molar-refractivity contribution in [1.29, 1.82) is 0 Å². The van der Waals surface area contributed by atoms with Crippen LogP contribution in [-0.4, -0.2) is 9.97 Å². The fourth-order valence-electron chi connectivity index (χ4n) is 1.78. The summed E-state index contributed by atoms with van der Waals surface area (Å²) in [6.07, 6.45) is 0. The Morgan fingerprint density at radius 1 is 1.00 bits per heavy atom. The van der Waals surface area contributed by atoms with Gasteiger partial charge in [0, 0.05) is 11.8 Å². The summed E-state index contributed by atoms with van der Waals surface area (Å²) < 4.78 is 0. The van der Waals surface area contributed by atoms with Crippen LogP contribution in [0.3, 0.4) is 0 Å². The van der Waals surface area contributed by atoms with Crippen LogP contribution in [0.4, 0.5) is 11.6 Å². The predicted molar refractivity (Wildman–Crippen MR) is 85.6 cm³/mol. The molecule has 0 spiro atoms. The summed E-state index contributed by atoms with van der Waals surface area (Å²) >= 11 is 1.53. The van der Waals surface area contributed by atoms with Gasteiger partial charge < -0.3 is 11.5 Å². The highest BCUT2D eigenvalue weighted by Crippen LogP contribution is 2.25. The molecule has 2 aromatic rings. The van der Waals surface area contributed by atoms with E-state index in [-0.39, 0.29) is 5.41 Å². The Hall–Kier alpha value is -1.75. The van der Waals surface area contributed by atoms with Crippen molar-refractivity contribution in [2.45, 2.75) is 37.1 Å². The van der Waals surface area contributed by atoms with Gasteiger partial charge >= 0.3 is 0 Å². The highest BCUT2D eigenvalue weighted by molar-refractivity contribution is 7.98. The van der Waals surface area contributed by atoms with Crippen LogP contribution >= 0.6 is 11.8 Å². The van der Waals surface area contributed by atoms with Gasteiger partial charge in [0.2, 0.25) is 0 Å². The number of benzene rings is 1. The van der Waals surface area contributed by atoms with Gasteiger partial charge in [0.05, 0.1) is 0 Å². The molecule has 1 aromatic heterocycles. The average Bonchev–Trinajstić information content (AvgIpc) is 2.35. The lowest BCUT2D eigenvalue weighted by Crippen LogP contribution is -2.10. The summed E-state index contributed by atoms with van der Waals surface area (Å²) in [5, 5.41) is 0.613. The molecule has 0 bridgehead atoms. The molecule has 4 nitrogen and oxygen atoms in total. The average molecular weight is 288 g/mol. The first-order chi connectivity index (χ1) is 9.34. The Balaban J connectivity index is 2.04. The van der Waals surface area contributed by atoms with E-state index in [1.807, 2.05) is 0 Å². The molecule has 1 aromatic carbocycles. The molecule has 0 aliphatic rings. The van der Waals surface area contributed by atoms with E-state index in [9.17, 15) is 0 Å². The molecule has 20 heavy (non-hydrogen) atoms. The monoisotopic (exact) mass is 288 g/mol. The molecule has 0 fully saturated rings. The van der Waals surface area contributed by atoms with Crippen molar-refractivity contribution in [1.82, 2.24) is 9.97 Å². The van der Waals surface area contributed by atoms with Crippen LogP contribution in [0.15, 0.2) is 35.5 Å². The Morgan fingerprint density at radius 2 is 1.55 bits per heavy atom. The van der Waals surface area contributed by atoms with E-state index < -0.39 is 0 Å². The van der Waals surface area contributed by atoms with Gasteiger partial charge in [-0.15, -0.1) is 0 Å². The minimum Gasteiger partial charge on any atom is -0.383 e. The SMILES string of the molecule is CC(C)(C)c1ccc(CSc2nc(N)cc(N)n2)cc1. The van der Waals surface area contributed by atoms with Gasteiger partial charge in [-0.1, -0.05) is 56.8 Å². The second-order valence-corrected chi connectivity index (χ2v) is 6.68. The minimum absolute atomic E-state index is 0.178. The molecule has 0 atom stereocenters. The first-order valence-corrected chi connectivity index (χ1v) is 7.45. The predicted octanol–water partition coefficient (Wildman–Crippen LogP) is 3.23. The van der Waals surface area contributed by atoms with Crippen LogP contribution in [-0.2, 0) is 11.2 Å². The number of rotatable bonds is 3. The zero-order valence-electron chi connectivity index (χ0n) is 12.1. The molecule has 0 unspecified atom stereocenters. The summed E-state index contributed by atoms with van der Waals surface area (Å²) in [5.41, 5.74) is 14.0. The first-order valence-electron chi connectivity index (χ1n) is 6.47. The maximum atomic E-state index is 5.65. The Kier molecular flexibility index (Phi) is 4.18. The molecule has 0 radical (unpaired) electrons. The summed E-state index contributed by atoms with van der Waals surface area (Å²) in [6.45, 7) is 6.63. The molecule has 0 saturated carbocycles. The highest BCUT2D eigenvalue weighted by atomic mass is 32.2. The lowest BCUT2D eigenvalue weighted by molar-refractivity contribution is 0.590. The van der Waals surface area contributed by atoms with Crippen molar-refractivity contribution in [2.75, 3.05) is 11.5 Å². The third-order valence-corrected chi connectivity index (χ3v) is 3.85. The molecule has 106 valence electrons. The van der Waals surface area contributed by atoms with Gasteiger partial charge in [0.15, 0.2) is 5.16 Å². The minimum atomic E-state index is 0.178. The van der Waals surface area contributed by atoms with Crippen molar-refractivity contribution in [3.63, 3.8) is 0 Å². The molecule has 0 aliphatic carbocycles. The van der Waals surface area contributed by atoms with E-state index in [1.165, 1.54) is 22.9 Å². The Morgan fingerprint density at radius 3 is 2.05 bits per heavy atom. The smallest absolute Gasteiger partial charge is 0.191 e. The zero-order valence-corrected chi connectivity index (χ0v) is 12.9. The topological polar surface area (TPSA) is 77.8 Å². The quantitative estimate of drug-likeness (QED) is 0.669. The lowest BCUT2D eigenvalue weighted by Gasteiger charge is -2.19. The molecule has 1 heterocycles. The third-order valence-electron chi connectivity index (χ3n) is 2.93. The van der Waals surface area contributed by atoms with Gasteiger partial charge in [-0.25, -0.2) is 9.97 Å². The summed E-state index contributed by atoms with van der Waals surface area (Å²) in [6, 6.07) is 10.2. The Bertz CT molecular complexity index is 568. The molecule has 4 N–H and O–H groups in total. The number of nitrogen functional groups attached to an aromatic ring is 2. The van der Waals surface area contributed by atoms with E-state index in [0.29, 0.717) is 16.8 Å². The zero-order chi connectivity index (χ0) is 14.8. The van der Waals surface area contributed by atoms with Crippen LogP contribution in [0, 0.1) is 0 Å². The number of aromatic nitrogens is 2. The van der Waals surface area contributed by atoms with E-state index in [1.54, 1.807) is 6.07 Å². The molecular formula is C15H20N4S. The summed E-state index contributed by atoms with van der Waals surface area (Å²) in [7, 11) is 0. The van der Waals surface area contributed by atoms with Crippen LogP contribution in [0.1, 0.15) is 31.9 Å². The van der Waals surface area contributed by atoms with Crippen molar-refractivity contribution < 1.29 is 0 Å². The maximum Gasteiger partial charge on any atom is 0.191 e. The first kappa shape index (κ1) is 14.7. The molecule has 0 amide bonds. The van der Waals surface area contributed by atoms with E-state index in [0.717, 1.165) is 5.75 Å².